The number of aliphatic hydroxyl groups is 4. The topological polar surface area (TPSA) is 137 Å². The van der Waals surface area contributed by atoms with Crippen molar-refractivity contribution < 1.29 is 39.8 Å². The summed E-state index contributed by atoms with van der Waals surface area (Å²) >= 11 is 0. The summed E-state index contributed by atoms with van der Waals surface area (Å²) in [6, 6.07) is 8.13. The van der Waals surface area contributed by atoms with Crippen molar-refractivity contribution in [2.75, 3.05) is 6.61 Å². The lowest BCUT2D eigenvalue weighted by Crippen LogP contribution is -2.60. The number of carbonyl (C=O) groups excluding carboxylic acids is 1. The molecule has 1 heterocycles. The van der Waals surface area contributed by atoms with Crippen LogP contribution in [0.3, 0.4) is 0 Å². The number of fused-ring (bicyclic) bond motifs is 1. The van der Waals surface area contributed by atoms with E-state index in [1.807, 2.05) is 0 Å². The molecule has 5 unspecified atom stereocenters. The zero-order valence-electron chi connectivity index (χ0n) is 15.1. The summed E-state index contributed by atoms with van der Waals surface area (Å²) in [5, 5.41) is 50.5. The Kier molecular flexibility index (Phi) is 5.97. The zero-order chi connectivity index (χ0) is 20.4. The Morgan fingerprint density at radius 1 is 1.14 bits per heavy atom. The molecule has 1 fully saturated rings. The third kappa shape index (κ3) is 4.16. The van der Waals surface area contributed by atoms with Crippen molar-refractivity contribution in [3.8, 4) is 11.5 Å². The molecule has 0 radical (unpaired) electrons. The summed E-state index contributed by atoms with van der Waals surface area (Å²) in [5.41, 5.74) is 0.737. The molecule has 0 spiro atoms. The summed E-state index contributed by atoms with van der Waals surface area (Å²) in [6.45, 7) is 0.877. The lowest BCUT2D eigenvalue weighted by atomic mass is 9.99. The maximum atomic E-state index is 11.1. The Morgan fingerprint density at radius 3 is 2.57 bits per heavy atom. The molecule has 0 bridgehead atoms. The Bertz CT molecular complexity index is 891. The number of benzene rings is 2. The number of aromatic hydroxyl groups is 1. The van der Waals surface area contributed by atoms with Crippen LogP contribution in [0.5, 0.6) is 11.5 Å². The van der Waals surface area contributed by atoms with Gasteiger partial charge in [0.05, 0.1) is 6.61 Å². The van der Waals surface area contributed by atoms with Crippen molar-refractivity contribution in [1.82, 2.24) is 0 Å². The highest BCUT2D eigenvalue weighted by Crippen LogP contribution is 2.33. The third-order valence-electron chi connectivity index (χ3n) is 4.54. The number of ketones is 1. The van der Waals surface area contributed by atoms with E-state index in [0.29, 0.717) is 10.8 Å². The van der Waals surface area contributed by atoms with E-state index in [2.05, 4.69) is 0 Å². The minimum Gasteiger partial charge on any atom is -0.507 e. The number of allylic oxidation sites excluding steroid dienone is 1. The van der Waals surface area contributed by atoms with Crippen LogP contribution in [-0.2, 0) is 9.53 Å². The molecule has 8 heteroatoms. The van der Waals surface area contributed by atoms with Gasteiger partial charge in [0.15, 0.2) is 5.78 Å². The van der Waals surface area contributed by atoms with Gasteiger partial charge in [-0.15, -0.1) is 0 Å². The fourth-order valence-electron chi connectivity index (χ4n) is 3.01. The van der Waals surface area contributed by atoms with Crippen molar-refractivity contribution in [3.05, 3.63) is 42.0 Å². The Balaban J connectivity index is 1.86. The van der Waals surface area contributed by atoms with Crippen LogP contribution in [0.15, 0.2) is 36.4 Å². The minimum absolute atomic E-state index is 0.0878. The average Bonchev–Trinajstić information content (AvgIpc) is 2.67. The van der Waals surface area contributed by atoms with Crippen LogP contribution in [0.2, 0.25) is 0 Å². The van der Waals surface area contributed by atoms with Gasteiger partial charge in [0, 0.05) is 11.5 Å². The molecule has 1 aliphatic heterocycles. The molecule has 2 aromatic rings. The van der Waals surface area contributed by atoms with E-state index in [1.54, 1.807) is 30.3 Å². The third-order valence-corrected chi connectivity index (χ3v) is 4.54. The first kappa shape index (κ1) is 20.2. The number of phenolic OH excluding ortho intramolecular Hbond substituents is 1. The van der Waals surface area contributed by atoms with Crippen LogP contribution in [0.25, 0.3) is 16.8 Å². The van der Waals surface area contributed by atoms with Crippen LogP contribution in [0.1, 0.15) is 12.5 Å². The average molecular weight is 390 g/mol. The Morgan fingerprint density at radius 2 is 1.89 bits per heavy atom. The molecular formula is C20H22O8. The maximum absolute atomic E-state index is 11.1. The molecule has 2 aromatic carbocycles. The second kappa shape index (κ2) is 8.26. The molecule has 1 saturated heterocycles. The van der Waals surface area contributed by atoms with Gasteiger partial charge < -0.3 is 35.0 Å². The second-order valence-corrected chi connectivity index (χ2v) is 6.68. The summed E-state index contributed by atoms with van der Waals surface area (Å²) in [5.74, 6) is -0.0101. The molecular weight excluding hydrogens is 368 g/mol. The normalized spacial score (nSPS) is 28.0. The largest absolute Gasteiger partial charge is 0.507 e. The lowest BCUT2D eigenvalue weighted by molar-refractivity contribution is -0.277. The Hall–Kier alpha value is -2.49. The van der Waals surface area contributed by atoms with Gasteiger partial charge in [0.2, 0.25) is 6.29 Å². The zero-order valence-corrected chi connectivity index (χ0v) is 15.1. The fourth-order valence-corrected chi connectivity index (χ4v) is 3.01. The number of rotatable bonds is 5. The van der Waals surface area contributed by atoms with E-state index < -0.39 is 37.3 Å². The molecule has 3 rings (SSSR count). The molecule has 0 aliphatic carbocycles. The van der Waals surface area contributed by atoms with Crippen LogP contribution in [-0.4, -0.2) is 68.6 Å². The molecule has 0 saturated carbocycles. The van der Waals surface area contributed by atoms with Crippen molar-refractivity contribution in [2.45, 2.75) is 37.6 Å². The summed E-state index contributed by atoms with van der Waals surface area (Å²) in [4.78, 5) is 11.1. The van der Waals surface area contributed by atoms with Crippen LogP contribution in [0, 0.1) is 0 Å². The Labute approximate surface area is 160 Å². The first-order chi connectivity index (χ1) is 13.3. The van der Waals surface area contributed by atoms with E-state index in [9.17, 15) is 30.3 Å². The van der Waals surface area contributed by atoms with Crippen molar-refractivity contribution in [2.24, 2.45) is 0 Å². The fraction of sp³-hybridized carbons (Fsp3) is 0.350. The van der Waals surface area contributed by atoms with Gasteiger partial charge in [-0.25, -0.2) is 0 Å². The van der Waals surface area contributed by atoms with Crippen LogP contribution < -0.4 is 4.74 Å². The van der Waals surface area contributed by atoms with Crippen molar-refractivity contribution >= 4 is 22.6 Å². The summed E-state index contributed by atoms with van der Waals surface area (Å²) in [6.07, 6.45) is -3.95. The highest BCUT2D eigenvalue weighted by Gasteiger charge is 2.44. The van der Waals surface area contributed by atoms with E-state index in [1.165, 1.54) is 19.1 Å². The lowest BCUT2D eigenvalue weighted by Gasteiger charge is -2.39. The van der Waals surface area contributed by atoms with E-state index in [-0.39, 0.29) is 17.3 Å². The van der Waals surface area contributed by atoms with Crippen LogP contribution >= 0.6 is 0 Å². The highest BCUT2D eigenvalue weighted by molar-refractivity contribution is 5.94. The molecule has 150 valence electrons. The molecule has 28 heavy (non-hydrogen) atoms. The first-order valence-electron chi connectivity index (χ1n) is 8.72. The van der Waals surface area contributed by atoms with Gasteiger partial charge >= 0.3 is 0 Å². The van der Waals surface area contributed by atoms with Crippen molar-refractivity contribution in [3.63, 3.8) is 0 Å². The number of hydrogen-bond donors (Lipinski definition) is 5. The molecule has 0 amide bonds. The number of carbonyl (C=O) groups is 1. The van der Waals surface area contributed by atoms with Gasteiger partial charge in [-0.1, -0.05) is 18.2 Å². The second-order valence-electron chi connectivity index (χ2n) is 6.68. The SMILES string of the molecule is CC(=O)/C=C/c1ccc2cc(OC3OC(CO)C(O)C(O)C3O)cc(O)c2c1. The molecule has 5 N–H and O–H groups in total. The molecule has 5 atom stereocenters. The van der Waals surface area contributed by atoms with Gasteiger partial charge in [-0.05, 0) is 36.1 Å². The number of hydrogen-bond acceptors (Lipinski definition) is 8. The van der Waals surface area contributed by atoms with Gasteiger partial charge in [-0.3, -0.25) is 4.79 Å². The molecule has 1 aliphatic rings. The van der Waals surface area contributed by atoms with Gasteiger partial charge in [0.25, 0.3) is 0 Å². The maximum Gasteiger partial charge on any atom is 0.229 e. The number of ether oxygens (including phenoxy) is 2. The quantitative estimate of drug-likeness (QED) is 0.461. The molecule has 0 aromatic heterocycles. The molecule has 8 nitrogen and oxygen atoms in total. The van der Waals surface area contributed by atoms with E-state index >= 15 is 0 Å². The van der Waals surface area contributed by atoms with E-state index in [0.717, 1.165) is 5.56 Å². The predicted octanol–water partition coefficient (Wildman–Crippen LogP) is 0.326. The van der Waals surface area contributed by atoms with Crippen LogP contribution in [0.4, 0.5) is 0 Å². The highest BCUT2D eigenvalue weighted by atomic mass is 16.7. The first-order valence-corrected chi connectivity index (χ1v) is 8.72. The smallest absolute Gasteiger partial charge is 0.229 e. The summed E-state index contributed by atoms with van der Waals surface area (Å²) < 4.78 is 10.8. The monoisotopic (exact) mass is 390 g/mol. The standard InChI is InChI=1S/C20H22O8/c1-10(22)2-3-11-4-5-12-7-13(8-15(23)14(12)6-11)27-20-19(26)18(25)17(24)16(9-21)28-20/h2-8,16-21,23-26H,9H2,1H3/b3-2+. The van der Waals surface area contributed by atoms with E-state index in [4.69, 9.17) is 9.47 Å². The van der Waals surface area contributed by atoms with Gasteiger partial charge in [0.1, 0.15) is 35.9 Å². The number of phenols is 1. The minimum atomic E-state index is -1.56. The number of aliphatic hydroxyl groups excluding tert-OH is 4. The summed E-state index contributed by atoms with van der Waals surface area (Å²) in [7, 11) is 0. The predicted molar refractivity (Wildman–Crippen MR) is 99.7 cm³/mol. The van der Waals surface area contributed by atoms with Gasteiger partial charge in [-0.2, -0.15) is 0 Å². The van der Waals surface area contributed by atoms with Crippen molar-refractivity contribution in [1.29, 1.82) is 0 Å².